The second-order valence-corrected chi connectivity index (χ2v) is 6.13. The number of carbonyl (C=O) groups is 2. The molecule has 0 unspecified atom stereocenters. The minimum Gasteiger partial charge on any atom is -0.478 e. The van der Waals surface area contributed by atoms with E-state index in [2.05, 4.69) is 5.32 Å². The summed E-state index contributed by atoms with van der Waals surface area (Å²) in [5, 5.41) is 13.3. The van der Waals surface area contributed by atoms with Crippen LogP contribution in [0.4, 0.5) is 5.69 Å². The molecule has 3 rings (SSSR count). The molecule has 3 aromatic rings. The number of nitrogens with one attached hydrogen (secondary N) is 1. The first-order valence-electron chi connectivity index (χ1n) is 7.93. The van der Waals surface area contributed by atoms with Gasteiger partial charge in [0.25, 0.3) is 5.91 Å². The van der Waals surface area contributed by atoms with Gasteiger partial charge in [0, 0.05) is 22.5 Å². The largest absolute Gasteiger partial charge is 0.478 e. The fourth-order valence-electron chi connectivity index (χ4n) is 2.85. The van der Waals surface area contributed by atoms with Crippen LogP contribution in [0.2, 0.25) is 5.02 Å². The summed E-state index contributed by atoms with van der Waals surface area (Å²) in [6.07, 6.45) is 0.875. The Hall–Kier alpha value is -2.79. The summed E-state index contributed by atoms with van der Waals surface area (Å²) in [4.78, 5) is 24.2. The molecule has 0 saturated carbocycles. The number of nitrogens with zero attached hydrogens (tertiary/aromatic N) is 1. The summed E-state index contributed by atoms with van der Waals surface area (Å²) in [7, 11) is 0. The molecular formula is C19H17ClN2O3. The highest BCUT2D eigenvalue weighted by Crippen LogP contribution is 2.24. The first-order valence-corrected chi connectivity index (χ1v) is 8.31. The van der Waals surface area contributed by atoms with Crippen molar-refractivity contribution in [1.29, 1.82) is 0 Å². The molecular weight excluding hydrogens is 340 g/mol. The Bertz CT molecular complexity index is 962. The molecule has 0 spiro atoms. The third-order valence-electron chi connectivity index (χ3n) is 3.95. The lowest BCUT2D eigenvalue weighted by Crippen LogP contribution is -2.18. The fourth-order valence-corrected chi connectivity index (χ4v) is 3.02. The summed E-state index contributed by atoms with van der Waals surface area (Å²) >= 11 is 5.85. The van der Waals surface area contributed by atoms with Crippen molar-refractivity contribution < 1.29 is 14.7 Å². The minimum absolute atomic E-state index is 0.0426. The lowest BCUT2D eigenvalue weighted by molar-refractivity contribution is 0.0698. The van der Waals surface area contributed by atoms with Gasteiger partial charge in [-0.15, -0.1) is 0 Å². The van der Waals surface area contributed by atoms with Gasteiger partial charge in [-0.25, -0.2) is 4.79 Å². The average molecular weight is 357 g/mol. The Labute approximate surface area is 149 Å². The quantitative estimate of drug-likeness (QED) is 0.698. The molecule has 0 aliphatic carbocycles. The van der Waals surface area contributed by atoms with E-state index in [9.17, 15) is 14.7 Å². The number of hydrogen-bond acceptors (Lipinski definition) is 2. The zero-order valence-corrected chi connectivity index (χ0v) is 14.4. The molecule has 6 heteroatoms. The Morgan fingerprint density at radius 1 is 1.16 bits per heavy atom. The fraction of sp³-hybridized carbons (Fsp3) is 0.158. The van der Waals surface area contributed by atoms with Crippen molar-refractivity contribution in [3.05, 3.63) is 64.8 Å². The van der Waals surface area contributed by atoms with Gasteiger partial charge in [0.15, 0.2) is 0 Å². The van der Waals surface area contributed by atoms with Crippen molar-refractivity contribution in [2.45, 2.75) is 19.9 Å². The predicted octanol–water partition coefficient (Wildman–Crippen LogP) is 4.66. The molecule has 0 bridgehead atoms. The number of aromatic nitrogens is 1. The van der Waals surface area contributed by atoms with E-state index < -0.39 is 5.97 Å². The van der Waals surface area contributed by atoms with Gasteiger partial charge in [0.05, 0.1) is 11.3 Å². The summed E-state index contributed by atoms with van der Waals surface area (Å²) in [5.74, 6) is -1.50. The summed E-state index contributed by atoms with van der Waals surface area (Å²) in [5.41, 5.74) is 1.65. The van der Waals surface area contributed by atoms with E-state index in [1.807, 2.05) is 41.8 Å². The number of carboxylic acid groups (broad SMARTS) is 1. The van der Waals surface area contributed by atoms with Crippen molar-refractivity contribution in [2.75, 3.05) is 5.32 Å². The Kier molecular flexibility index (Phi) is 4.76. The van der Waals surface area contributed by atoms with Crippen LogP contribution in [0, 0.1) is 0 Å². The van der Waals surface area contributed by atoms with E-state index in [1.165, 1.54) is 12.1 Å². The molecule has 1 amide bonds. The first-order chi connectivity index (χ1) is 12.0. The molecule has 0 radical (unpaired) electrons. The maximum atomic E-state index is 12.8. The monoisotopic (exact) mass is 356 g/mol. The van der Waals surface area contributed by atoms with E-state index in [-0.39, 0.29) is 17.2 Å². The van der Waals surface area contributed by atoms with Crippen LogP contribution >= 0.6 is 11.6 Å². The van der Waals surface area contributed by atoms with Crippen molar-refractivity contribution in [3.63, 3.8) is 0 Å². The van der Waals surface area contributed by atoms with E-state index in [1.54, 1.807) is 6.07 Å². The van der Waals surface area contributed by atoms with Crippen molar-refractivity contribution in [2.24, 2.45) is 0 Å². The highest BCUT2D eigenvalue weighted by molar-refractivity contribution is 6.31. The number of aromatic carboxylic acids is 1. The molecule has 25 heavy (non-hydrogen) atoms. The van der Waals surface area contributed by atoms with Gasteiger partial charge in [0.2, 0.25) is 0 Å². The number of aryl methyl sites for hydroxylation is 1. The van der Waals surface area contributed by atoms with E-state index in [4.69, 9.17) is 11.6 Å². The van der Waals surface area contributed by atoms with Crippen LogP contribution in [0.1, 0.15) is 34.2 Å². The number of anilines is 1. The molecule has 0 aliphatic rings. The normalized spacial score (nSPS) is 10.8. The van der Waals surface area contributed by atoms with Gasteiger partial charge in [-0.1, -0.05) is 36.7 Å². The number of para-hydroxylation sites is 1. The summed E-state index contributed by atoms with van der Waals surface area (Å²) in [6, 6.07) is 13.9. The SMILES string of the molecule is CCCn1c(C(=O)Nc2ccc(Cl)cc2C(=O)O)cc2ccccc21. The van der Waals surface area contributed by atoms with Crippen molar-refractivity contribution in [1.82, 2.24) is 4.57 Å². The van der Waals surface area contributed by atoms with Gasteiger partial charge in [-0.3, -0.25) is 4.79 Å². The third-order valence-corrected chi connectivity index (χ3v) is 4.19. The van der Waals surface area contributed by atoms with Crippen molar-refractivity contribution >= 4 is 40.1 Å². The minimum atomic E-state index is -1.15. The number of halogens is 1. The van der Waals surface area contributed by atoms with Crippen LogP contribution < -0.4 is 5.32 Å². The zero-order valence-electron chi connectivity index (χ0n) is 13.6. The average Bonchev–Trinajstić information content (AvgIpc) is 2.95. The second kappa shape index (κ2) is 6.99. The molecule has 0 atom stereocenters. The Morgan fingerprint density at radius 3 is 2.64 bits per heavy atom. The van der Waals surface area contributed by atoms with Gasteiger partial charge < -0.3 is 15.0 Å². The van der Waals surface area contributed by atoms with Crippen LogP contribution in [0.25, 0.3) is 10.9 Å². The number of benzene rings is 2. The Morgan fingerprint density at radius 2 is 1.92 bits per heavy atom. The lowest BCUT2D eigenvalue weighted by Gasteiger charge is -2.12. The number of amides is 1. The molecule has 0 fully saturated rings. The topological polar surface area (TPSA) is 71.3 Å². The van der Waals surface area contributed by atoms with Crippen molar-refractivity contribution in [3.8, 4) is 0 Å². The number of rotatable bonds is 5. The second-order valence-electron chi connectivity index (χ2n) is 5.69. The predicted molar refractivity (Wildman–Crippen MR) is 98.6 cm³/mol. The maximum absolute atomic E-state index is 12.8. The van der Waals surface area contributed by atoms with Crippen LogP contribution in [0.15, 0.2) is 48.5 Å². The Balaban J connectivity index is 2.01. The molecule has 1 aromatic heterocycles. The summed E-state index contributed by atoms with van der Waals surface area (Å²) in [6.45, 7) is 2.74. The number of carbonyl (C=O) groups excluding carboxylic acids is 1. The highest BCUT2D eigenvalue weighted by atomic mass is 35.5. The maximum Gasteiger partial charge on any atom is 0.337 e. The highest BCUT2D eigenvalue weighted by Gasteiger charge is 2.18. The summed E-state index contributed by atoms with van der Waals surface area (Å²) < 4.78 is 1.95. The molecule has 2 N–H and O–H groups in total. The molecule has 0 aliphatic heterocycles. The number of carboxylic acids is 1. The molecule has 1 heterocycles. The van der Waals surface area contributed by atoms with Crippen LogP contribution in [0.3, 0.4) is 0 Å². The molecule has 2 aromatic carbocycles. The molecule has 128 valence electrons. The molecule has 0 saturated heterocycles. The van der Waals surface area contributed by atoms with Gasteiger partial charge in [-0.05, 0) is 36.8 Å². The van der Waals surface area contributed by atoms with Gasteiger partial charge in [-0.2, -0.15) is 0 Å². The smallest absolute Gasteiger partial charge is 0.337 e. The van der Waals surface area contributed by atoms with Gasteiger partial charge in [0.1, 0.15) is 5.69 Å². The third kappa shape index (κ3) is 3.37. The standard InChI is InChI=1S/C19H17ClN2O3/c1-2-9-22-16-6-4-3-5-12(16)10-17(22)18(23)21-15-8-7-13(20)11-14(15)19(24)25/h3-8,10-11H,2,9H2,1H3,(H,21,23)(H,24,25). The van der Waals surface area contributed by atoms with E-state index in [0.29, 0.717) is 17.3 Å². The van der Waals surface area contributed by atoms with Gasteiger partial charge >= 0.3 is 5.97 Å². The van der Waals surface area contributed by atoms with Crippen LogP contribution in [0.5, 0.6) is 0 Å². The van der Waals surface area contributed by atoms with Crippen LogP contribution in [-0.2, 0) is 6.54 Å². The van der Waals surface area contributed by atoms with E-state index in [0.717, 1.165) is 17.3 Å². The zero-order chi connectivity index (χ0) is 18.0. The first kappa shape index (κ1) is 17.0. The lowest BCUT2D eigenvalue weighted by atomic mass is 10.1. The molecule has 5 nitrogen and oxygen atoms in total. The number of hydrogen-bond donors (Lipinski definition) is 2. The van der Waals surface area contributed by atoms with E-state index >= 15 is 0 Å². The number of fused-ring (bicyclic) bond motifs is 1. The van der Waals surface area contributed by atoms with Crippen LogP contribution in [-0.4, -0.2) is 21.6 Å².